The molecule has 5 nitrogen and oxygen atoms in total. The van der Waals surface area contributed by atoms with Gasteiger partial charge in [0.15, 0.2) is 5.16 Å². The highest BCUT2D eigenvalue weighted by molar-refractivity contribution is 7.99. The number of anilines is 1. The Morgan fingerprint density at radius 3 is 2.43 bits per heavy atom. The van der Waals surface area contributed by atoms with Crippen molar-refractivity contribution in [2.24, 2.45) is 0 Å². The van der Waals surface area contributed by atoms with Crippen LogP contribution in [0.25, 0.3) is 16.7 Å². The monoisotopic (exact) mass is 417 g/mol. The summed E-state index contributed by atoms with van der Waals surface area (Å²) in [5.41, 5.74) is 3.77. The fourth-order valence-corrected chi connectivity index (χ4v) is 4.17. The molecule has 0 aliphatic heterocycles. The van der Waals surface area contributed by atoms with E-state index in [1.165, 1.54) is 11.8 Å². The van der Waals surface area contributed by atoms with E-state index in [9.17, 15) is 4.79 Å². The van der Waals surface area contributed by atoms with Gasteiger partial charge >= 0.3 is 0 Å². The quantitative estimate of drug-likeness (QED) is 0.389. The number of carbonyl (C=O) groups excluding carboxylic acids is 1. The van der Waals surface area contributed by atoms with Crippen LogP contribution < -0.4 is 9.64 Å². The van der Waals surface area contributed by atoms with E-state index in [1.54, 1.807) is 11.9 Å². The van der Waals surface area contributed by atoms with E-state index < -0.39 is 0 Å². The predicted octanol–water partition coefficient (Wildman–Crippen LogP) is 5.18. The molecular weight excluding hydrogens is 394 g/mol. The van der Waals surface area contributed by atoms with Crippen molar-refractivity contribution in [3.05, 3.63) is 78.9 Å². The van der Waals surface area contributed by atoms with Crippen LogP contribution >= 0.6 is 11.8 Å². The van der Waals surface area contributed by atoms with E-state index in [1.807, 2.05) is 85.8 Å². The predicted molar refractivity (Wildman–Crippen MR) is 123 cm³/mol. The zero-order valence-electron chi connectivity index (χ0n) is 17.0. The average Bonchev–Trinajstić information content (AvgIpc) is 3.16. The first-order chi connectivity index (χ1) is 14.7. The topological polar surface area (TPSA) is 47.4 Å². The second kappa shape index (κ2) is 9.05. The number of amides is 1. The van der Waals surface area contributed by atoms with Crippen LogP contribution in [0.5, 0.6) is 5.75 Å². The maximum absolute atomic E-state index is 12.7. The van der Waals surface area contributed by atoms with E-state index in [4.69, 9.17) is 9.72 Å². The maximum Gasteiger partial charge on any atom is 0.237 e. The van der Waals surface area contributed by atoms with Crippen LogP contribution in [0.1, 0.15) is 6.92 Å². The molecule has 0 N–H and O–H groups in total. The summed E-state index contributed by atoms with van der Waals surface area (Å²) in [6.07, 6.45) is 0. The first-order valence-corrected chi connectivity index (χ1v) is 10.8. The number of para-hydroxylation sites is 3. The molecule has 1 aromatic heterocycles. The van der Waals surface area contributed by atoms with Crippen LogP contribution in [0, 0.1) is 0 Å². The molecule has 1 amide bonds. The molecule has 3 aromatic carbocycles. The number of imidazole rings is 1. The molecule has 0 aliphatic carbocycles. The van der Waals surface area contributed by atoms with Gasteiger partial charge in [-0.3, -0.25) is 9.36 Å². The van der Waals surface area contributed by atoms with Crippen molar-refractivity contribution in [1.29, 1.82) is 0 Å². The standard InChI is InChI=1S/C24H23N3O2S/c1-3-29-20-15-13-19(14-16-20)27-22-12-8-7-11-21(22)25-24(27)30-17-23(28)26(2)18-9-5-4-6-10-18/h4-16H,3,17H2,1-2H3. The summed E-state index contributed by atoms with van der Waals surface area (Å²) in [5, 5.41) is 0.787. The second-order valence-electron chi connectivity index (χ2n) is 6.72. The molecule has 30 heavy (non-hydrogen) atoms. The van der Waals surface area contributed by atoms with Gasteiger partial charge in [-0.15, -0.1) is 0 Å². The molecule has 0 fully saturated rings. The second-order valence-corrected chi connectivity index (χ2v) is 7.66. The summed E-state index contributed by atoms with van der Waals surface area (Å²) in [4.78, 5) is 19.2. The molecule has 0 spiro atoms. The van der Waals surface area contributed by atoms with Crippen molar-refractivity contribution < 1.29 is 9.53 Å². The SMILES string of the molecule is CCOc1ccc(-n2c(SCC(=O)N(C)c3ccccc3)nc3ccccc32)cc1. The van der Waals surface area contributed by atoms with E-state index in [2.05, 4.69) is 4.57 Å². The molecule has 0 bridgehead atoms. The molecular formula is C24H23N3O2S. The Hall–Kier alpha value is -3.25. The lowest BCUT2D eigenvalue weighted by atomic mass is 10.2. The van der Waals surface area contributed by atoms with Crippen LogP contribution in [0.4, 0.5) is 5.69 Å². The van der Waals surface area contributed by atoms with Crippen molar-refractivity contribution in [2.45, 2.75) is 12.1 Å². The first-order valence-electron chi connectivity index (χ1n) is 9.82. The maximum atomic E-state index is 12.7. The molecule has 0 saturated heterocycles. The van der Waals surface area contributed by atoms with E-state index >= 15 is 0 Å². The third kappa shape index (κ3) is 4.19. The fourth-order valence-electron chi connectivity index (χ4n) is 3.23. The number of nitrogens with zero attached hydrogens (tertiary/aromatic N) is 3. The molecule has 152 valence electrons. The Morgan fingerprint density at radius 1 is 1.00 bits per heavy atom. The molecule has 1 heterocycles. The van der Waals surface area contributed by atoms with Crippen molar-refractivity contribution in [3.63, 3.8) is 0 Å². The molecule has 0 unspecified atom stereocenters. The lowest BCUT2D eigenvalue weighted by Gasteiger charge is -2.17. The normalized spacial score (nSPS) is 10.9. The highest BCUT2D eigenvalue weighted by Gasteiger charge is 2.17. The Bertz CT molecular complexity index is 1140. The van der Waals surface area contributed by atoms with Gasteiger partial charge in [-0.25, -0.2) is 4.98 Å². The minimum absolute atomic E-state index is 0.0245. The van der Waals surface area contributed by atoms with E-state index in [0.29, 0.717) is 12.4 Å². The molecule has 0 saturated carbocycles. The van der Waals surface area contributed by atoms with Crippen molar-refractivity contribution in [1.82, 2.24) is 9.55 Å². The highest BCUT2D eigenvalue weighted by Crippen LogP contribution is 2.29. The Morgan fingerprint density at radius 2 is 1.70 bits per heavy atom. The molecule has 6 heteroatoms. The number of aromatic nitrogens is 2. The van der Waals surface area contributed by atoms with Crippen molar-refractivity contribution in [2.75, 3.05) is 24.3 Å². The minimum Gasteiger partial charge on any atom is -0.494 e. The van der Waals surface area contributed by atoms with Gasteiger partial charge in [-0.05, 0) is 55.5 Å². The summed E-state index contributed by atoms with van der Waals surface area (Å²) in [6.45, 7) is 2.60. The number of hydrogen-bond acceptors (Lipinski definition) is 4. The largest absolute Gasteiger partial charge is 0.494 e. The Balaban J connectivity index is 1.61. The summed E-state index contributed by atoms with van der Waals surface area (Å²) in [5.74, 6) is 1.15. The Labute approximate surface area is 180 Å². The number of hydrogen-bond donors (Lipinski definition) is 0. The smallest absolute Gasteiger partial charge is 0.237 e. The molecule has 0 aliphatic rings. The summed E-state index contributed by atoms with van der Waals surface area (Å²) < 4.78 is 7.65. The zero-order valence-corrected chi connectivity index (χ0v) is 17.8. The average molecular weight is 418 g/mol. The van der Waals surface area contributed by atoms with Crippen LogP contribution in [-0.4, -0.2) is 34.9 Å². The van der Waals surface area contributed by atoms with Gasteiger partial charge in [-0.2, -0.15) is 0 Å². The van der Waals surface area contributed by atoms with Gasteiger partial charge in [0.2, 0.25) is 5.91 Å². The Kier molecular flexibility index (Phi) is 6.05. The minimum atomic E-state index is 0.0245. The van der Waals surface area contributed by atoms with Gasteiger partial charge in [0, 0.05) is 18.4 Å². The molecule has 4 aromatic rings. The van der Waals surface area contributed by atoms with Crippen molar-refractivity contribution >= 4 is 34.4 Å². The van der Waals surface area contributed by atoms with Crippen LogP contribution in [0.3, 0.4) is 0 Å². The van der Waals surface area contributed by atoms with Gasteiger partial charge in [0.05, 0.1) is 23.4 Å². The van der Waals surface area contributed by atoms with E-state index in [0.717, 1.165) is 33.3 Å². The van der Waals surface area contributed by atoms with Gasteiger partial charge in [-0.1, -0.05) is 42.1 Å². The van der Waals surface area contributed by atoms with E-state index in [-0.39, 0.29) is 5.91 Å². The first kappa shape index (κ1) is 20.0. The van der Waals surface area contributed by atoms with Crippen LogP contribution in [0.15, 0.2) is 84.0 Å². The highest BCUT2D eigenvalue weighted by atomic mass is 32.2. The summed E-state index contributed by atoms with van der Waals surface area (Å²) in [6, 6.07) is 25.6. The van der Waals surface area contributed by atoms with Gasteiger partial charge in [0.25, 0.3) is 0 Å². The van der Waals surface area contributed by atoms with Crippen LogP contribution in [0.2, 0.25) is 0 Å². The van der Waals surface area contributed by atoms with Crippen LogP contribution in [-0.2, 0) is 4.79 Å². The zero-order chi connectivity index (χ0) is 20.9. The molecule has 0 atom stereocenters. The number of thioether (sulfide) groups is 1. The lowest BCUT2D eigenvalue weighted by Crippen LogP contribution is -2.27. The number of rotatable bonds is 7. The van der Waals surface area contributed by atoms with Gasteiger partial charge in [0.1, 0.15) is 5.75 Å². The summed E-state index contributed by atoms with van der Waals surface area (Å²) >= 11 is 1.44. The fraction of sp³-hybridized carbons (Fsp3) is 0.167. The third-order valence-electron chi connectivity index (χ3n) is 4.78. The number of benzene rings is 3. The molecule has 0 radical (unpaired) electrons. The lowest BCUT2D eigenvalue weighted by molar-refractivity contribution is -0.115. The molecule has 4 rings (SSSR count). The van der Waals surface area contributed by atoms with Crippen molar-refractivity contribution in [3.8, 4) is 11.4 Å². The number of carbonyl (C=O) groups is 1. The van der Waals surface area contributed by atoms with Gasteiger partial charge < -0.3 is 9.64 Å². The summed E-state index contributed by atoms with van der Waals surface area (Å²) in [7, 11) is 1.80. The third-order valence-corrected chi connectivity index (χ3v) is 5.70. The number of fused-ring (bicyclic) bond motifs is 1. The number of ether oxygens (including phenoxy) is 1.